The molecule has 0 heterocycles. The highest BCUT2D eigenvalue weighted by atomic mass is 16.3. The Bertz CT molecular complexity index is 159. The minimum atomic E-state index is -0.0831. The van der Waals surface area contributed by atoms with Crippen LogP contribution in [-0.2, 0) is 0 Å². The monoisotopic (exact) mass is 214 g/mol. The maximum absolute atomic E-state index is 10.00. The molecular formula is C13H26O2. The van der Waals surface area contributed by atoms with Crippen molar-refractivity contribution in [3.8, 4) is 0 Å². The number of rotatable bonds is 7. The Morgan fingerprint density at radius 3 is 2.73 bits per heavy atom. The summed E-state index contributed by atoms with van der Waals surface area (Å²) in [5.41, 5.74) is 0. The Balaban J connectivity index is 2.15. The van der Waals surface area contributed by atoms with E-state index < -0.39 is 0 Å². The largest absolute Gasteiger partial charge is 0.396 e. The van der Waals surface area contributed by atoms with E-state index in [1.54, 1.807) is 0 Å². The van der Waals surface area contributed by atoms with Crippen molar-refractivity contribution < 1.29 is 10.2 Å². The molecule has 0 radical (unpaired) electrons. The SMILES string of the molecule is CCCCC[C@H](O)C1CC[C@H](CCO)C1. The first kappa shape index (κ1) is 13.0. The van der Waals surface area contributed by atoms with Gasteiger partial charge in [0.15, 0.2) is 0 Å². The third-order valence-electron chi connectivity index (χ3n) is 3.77. The predicted octanol–water partition coefficient (Wildman–Crippen LogP) is 2.73. The van der Waals surface area contributed by atoms with Crippen LogP contribution in [0.5, 0.6) is 0 Å². The fourth-order valence-electron chi connectivity index (χ4n) is 2.75. The van der Waals surface area contributed by atoms with E-state index in [4.69, 9.17) is 5.11 Å². The van der Waals surface area contributed by atoms with Gasteiger partial charge in [0.2, 0.25) is 0 Å². The molecule has 2 nitrogen and oxygen atoms in total. The van der Waals surface area contributed by atoms with Gasteiger partial charge in [-0.2, -0.15) is 0 Å². The molecule has 1 aliphatic rings. The quantitative estimate of drug-likeness (QED) is 0.640. The summed E-state index contributed by atoms with van der Waals surface area (Å²) in [7, 11) is 0. The fraction of sp³-hybridized carbons (Fsp3) is 1.00. The Kier molecular flexibility index (Phi) is 6.26. The molecule has 3 atom stereocenters. The lowest BCUT2D eigenvalue weighted by Gasteiger charge is -2.18. The van der Waals surface area contributed by atoms with Crippen molar-refractivity contribution in [1.82, 2.24) is 0 Å². The average Bonchev–Trinajstić information content (AvgIpc) is 2.67. The summed E-state index contributed by atoms with van der Waals surface area (Å²) in [6.45, 7) is 2.50. The standard InChI is InChI=1S/C13H26O2/c1-2-3-4-5-13(15)12-7-6-11(10-12)8-9-14/h11-15H,2-10H2,1H3/t11-,12?,13+/m1/s1. The summed E-state index contributed by atoms with van der Waals surface area (Å²) in [6.07, 6.45) is 8.96. The number of hydrogen-bond donors (Lipinski definition) is 2. The molecule has 0 amide bonds. The van der Waals surface area contributed by atoms with Crippen LogP contribution >= 0.6 is 0 Å². The lowest BCUT2D eigenvalue weighted by molar-refractivity contribution is 0.0959. The predicted molar refractivity (Wildman–Crippen MR) is 62.7 cm³/mol. The maximum atomic E-state index is 10.00. The maximum Gasteiger partial charge on any atom is 0.0568 e. The Morgan fingerprint density at radius 1 is 1.27 bits per heavy atom. The second kappa shape index (κ2) is 7.24. The molecule has 1 rings (SSSR count). The van der Waals surface area contributed by atoms with Crippen molar-refractivity contribution in [1.29, 1.82) is 0 Å². The summed E-state index contributed by atoms with van der Waals surface area (Å²) in [5, 5.41) is 18.9. The van der Waals surface area contributed by atoms with Crippen molar-refractivity contribution in [2.75, 3.05) is 6.61 Å². The molecule has 90 valence electrons. The first-order chi connectivity index (χ1) is 7.27. The van der Waals surface area contributed by atoms with Gasteiger partial charge in [0.1, 0.15) is 0 Å². The van der Waals surface area contributed by atoms with Crippen molar-refractivity contribution >= 4 is 0 Å². The molecule has 2 N–H and O–H groups in total. The summed E-state index contributed by atoms with van der Waals surface area (Å²) < 4.78 is 0. The van der Waals surface area contributed by atoms with Crippen LogP contribution in [0.15, 0.2) is 0 Å². The van der Waals surface area contributed by atoms with E-state index in [1.165, 1.54) is 25.7 Å². The van der Waals surface area contributed by atoms with Crippen LogP contribution in [0.2, 0.25) is 0 Å². The van der Waals surface area contributed by atoms with E-state index in [9.17, 15) is 5.11 Å². The molecule has 15 heavy (non-hydrogen) atoms. The van der Waals surface area contributed by atoms with E-state index in [0.29, 0.717) is 18.4 Å². The highest BCUT2D eigenvalue weighted by Gasteiger charge is 2.28. The smallest absolute Gasteiger partial charge is 0.0568 e. The minimum Gasteiger partial charge on any atom is -0.396 e. The molecule has 1 saturated carbocycles. The first-order valence-corrected chi connectivity index (χ1v) is 6.56. The Labute approximate surface area is 93.7 Å². The van der Waals surface area contributed by atoms with E-state index in [0.717, 1.165) is 25.7 Å². The van der Waals surface area contributed by atoms with Gasteiger partial charge >= 0.3 is 0 Å². The van der Waals surface area contributed by atoms with Crippen LogP contribution < -0.4 is 0 Å². The van der Waals surface area contributed by atoms with Gasteiger partial charge in [-0.15, -0.1) is 0 Å². The molecule has 2 heteroatoms. The van der Waals surface area contributed by atoms with Crippen LogP contribution in [0.3, 0.4) is 0 Å². The fourth-order valence-corrected chi connectivity index (χ4v) is 2.75. The van der Waals surface area contributed by atoms with Gasteiger partial charge in [0.05, 0.1) is 6.10 Å². The highest BCUT2D eigenvalue weighted by molar-refractivity contribution is 4.80. The zero-order chi connectivity index (χ0) is 11.1. The average molecular weight is 214 g/mol. The molecular weight excluding hydrogens is 188 g/mol. The number of aliphatic hydroxyl groups excluding tert-OH is 2. The topological polar surface area (TPSA) is 40.5 Å². The van der Waals surface area contributed by atoms with Gasteiger partial charge in [-0.1, -0.05) is 26.2 Å². The minimum absolute atomic E-state index is 0.0831. The van der Waals surface area contributed by atoms with E-state index >= 15 is 0 Å². The number of hydrogen-bond acceptors (Lipinski definition) is 2. The molecule has 0 spiro atoms. The zero-order valence-corrected chi connectivity index (χ0v) is 9.99. The van der Waals surface area contributed by atoms with Gasteiger partial charge in [0, 0.05) is 6.61 Å². The molecule has 0 aliphatic heterocycles. The van der Waals surface area contributed by atoms with Crippen LogP contribution in [-0.4, -0.2) is 22.9 Å². The first-order valence-electron chi connectivity index (χ1n) is 6.56. The lowest BCUT2D eigenvalue weighted by atomic mass is 9.94. The third kappa shape index (κ3) is 4.52. The summed E-state index contributed by atoms with van der Waals surface area (Å²) in [4.78, 5) is 0. The van der Waals surface area contributed by atoms with Gasteiger partial charge in [-0.25, -0.2) is 0 Å². The second-order valence-corrected chi connectivity index (χ2v) is 5.01. The molecule has 0 saturated heterocycles. The molecule has 1 fully saturated rings. The molecule has 1 unspecified atom stereocenters. The van der Waals surface area contributed by atoms with Gasteiger partial charge in [-0.3, -0.25) is 0 Å². The number of unbranched alkanes of at least 4 members (excludes halogenated alkanes) is 2. The van der Waals surface area contributed by atoms with E-state index in [2.05, 4.69) is 6.92 Å². The van der Waals surface area contributed by atoms with E-state index in [1.807, 2.05) is 0 Å². The highest BCUT2D eigenvalue weighted by Crippen LogP contribution is 2.36. The second-order valence-electron chi connectivity index (χ2n) is 5.01. The molecule has 0 aromatic carbocycles. The molecule has 0 aromatic heterocycles. The normalized spacial score (nSPS) is 28.2. The Hall–Kier alpha value is -0.0800. The van der Waals surface area contributed by atoms with Crippen molar-refractivity contribution in [3.63, 3.8) is 0 Å². The van der Waals surface area contributed by atoms with Crippen molar-refractivity contribution in [2.45, 2.75) is 64.4 Å². The number of aliphatic hydroxyl groups is 2. The van der Waals surface area contributed by atoms with Gasteiger partial charge < -0.3 is 10.2 Å². The van der Waals surface area contributed by atoms with Crippen LogP contribution in [0, 0.1) is 11.8 Å². The summed E-state index contributed by atoms with van der Waals surface area (Å²) in [5.74, 6) is 1.18. The van der Waals surface area contributed by atoms with Crippen LogP contribution in [0.25, 0.3) is 0 Å². The van der Waals surface area contributed by atoms with Crippen LogP contribution in [0.1, 0.15) is 58.3 Å². The summed E-state index contributed by atoms with van der Waals surface area (Å²) in [6, 6.07) is 0. The van der Waals surface area contributed by atoms with E-state index in [-0.39, 0.29) is 6.10 Å². The third-order valence-corrected chi connectivity index (χ3v) is 3.77. The van der Waals surface area contributed by atoms with Gasteiger partial charge in [-0.05, 0) is 43.9 Å². The Morgan fingerprint density at radius 2 is 2.07 bits per heavy atom. The zero-order valence-electron chi connectivity index (χ0n) is 9.99. The van der Waals surface area contributed by atoms with Crippen LogP contribution in [0.4, 0.5) is 0 Å². The van der Waals surface area contributed by atoms with Crippen molar-refractivity contribution in [3.05, 3.63) is 0 Å². The lowest BCUT2D eigenvalue weighted by Crippen LogP contribution is -2.18. The molecule has 1 aliphatic carbocycles. The summed E-state index contributed by atoms with van der Waals surface area (Å²) >= 11 is 0. The van der Waals surface area contributed by atoms with Crippen molar-refractivity contribution in [2.24, 2.45) is 11.8 Å². The molecule has 0 bridgehead atoms. The van der Waals surface area contributed by atoms with Gasteiger partial charge in [0.25, 0.3) is 0 Å². The molecule has 0 aromatic rings.